The highest BCUT2D eigenvalue weighted by atomic mass is 32.3. The first-order valence-corrected chi connectivity index (χ1v) is 13.7. The summed E-state index contributed by atoms with van der Waals surface area (Å²) >= 11 is 0. The number of ether oxygens (including phenoxy) is 2. The van der Waals surface area contributed by atoms with Gasteiger partial charge in [0.15, 0.2) is 11.5 Å². The molecule has 12 nitrogen and oxygen atoms in total. The van der Waals surface area contributed by atoms with Crippen LogP contribution in [-0.4, -0.2) is 41.3 Å². The smallest absolute Gasteiger partial charge is 0.332 e. The van der Waals surface area contributed by atoms with E-state index in [-0.39, 0.29) is 45.0 Å². The van der Waals surface area contributed by atoms with Crippen molar-refractivity contribution in [3.8, 4) is 23.0 Å². The molecule has 4 rings (SSSR count). The number of phenols is 2. The number of hydrogen-bond acceptors (Lipinski definition) is 12. The molecule has 0 amide bonds. The fourth-order valence-electron chi connectivity index (χ4n) is 3.58. The molecule has 40 heavy (non-hydrogen) atoms. The zero-order valence-electron chi connectivity index (χ0n) is 20.5. The van der Waals surface area contributed by atoms with E-state index >= 15 is 0 Å². The first-order chi connectivity index (χ1) is 18.8. The first kappa shape index (κ1) is 28.3. The summed E-state index contributed by atoms with van der Waals surface area (Å²) in [6.45, 7) is 0. The van der Waals surface area contributed by atoms with Crippen LogP contribution in [0.1, 0.15) is 0 Å². The van der Waals surface area contributed by atoms with E-state index in [1.807, 2.05) is 0 Å². The van der Waals surface area contributed by atoms with Gasteiger partial charge in [-0.2, -0.15) is 16.8 Å². The summed E-state index contributed by atoms with van der Waals surface area (Å²) in [7, 11) is -7.60. The number of nitrogens with zero attached hydrogens (tertiary/aromatic N) is 4. The van der Waals surface area contributed by atoms with E-state index in [1.165, 1.54) is 26.4 Å². The van der Waals surface area contributed by atoms with Crippen LogP contribution in [0, 0.1) is 0 Å². The first-order valence-electron chi connectivity index (χ1n) is 10.9. The van der Waals surface area contributed by atoms with Gasteiger partial charge in [0.1, 0.15) is 44.0 Å². The minimum absolute atomic E-state index is 0.0426. The highest BCUT2D eigenvalue weighted by Gasteiger charge is 2.21. The second-order valence-corrected chi connectivity index (χ2v) is 10.6. The number of hydrogen-bond donors (Lipinski definition) is 2. The van der Waals surface area contributed by atoms with Crippen LogP contribution in [0.3, 0.4) is 0 Å². The van der Waals surface area contributed by atoms with Crippen molar-refractivity contribution in [2.45, 2.75) is 9.79 Å². The van der Waals surface area contributed by atoms with Crippen LogP contribution in [0.25, 0.3) is 10.8 Å². The van der Waals surface area contributed by atoms with Gasteiger partial charge in [-0.25, -0.2) is 0 Å². The van der Waals surface area contributed by atoms with E-state index in [4.69, 9.17) is 9.47 Å². The van der Waals surface area contributed by atoms with Crippen LogP contribution < -0.4 is 9.47 Å². The van der Waals surface area contributed by atoms with Gasteiger partial charge in [-0.05, 0) is 36.4 Å². The lowest BCUT2D eigenvalue weighted by molar-refractivity contribution is 0.406. The molecule has 0 aliphatic rings. The molecule has 0 radical (unpaired) electrons. The average molecular weight is 593 g/mol. The van der Waals surface area contributed by atoms with Crippen LogP contribution >= 0.6 is 0 Å². The van der Waals surface area contributed by atoms with Crippen LogP contribution in [0.5, 0.6) is 23.0 Å². The molecule has 0 heterocycles. The lowest BCUT2D eigenvalue weighted by Gasteiger charge is -2.10. The summed E-state index contributed by atoms with van der Waals surface area (Å²) in [4.78, 5) is -1.40. The van der Waals surface area contributed by atoms with Crippen molar-refractivity contribution in [1.29, 1.82) is 0 Å². The summed E-state index contributed by atoms with van der Waals surface area (Å²) in [6, 6.07) is 12.2. The molecule has 0 aromatic heterocycles. The third-order valence-electron chi connectivity index (χ3n) is 5.49. The van der Waals surface area contributed by atoms with Gasteiger partial charge in [0, 0.05) is 10.8 Å². The van der Waals surface area contributed by atoms with Gasteiger partial charge in [-0.15, -0.1) is 28.2 Å². The highest BCUT2D eigenvalue weighted by molar-refractivity contribution is 7.86. The quantitative estimate of drug-likeness (QED) is 0.134. The molecule has 4 aromatic carbocycles. The zero-order valence-corrected chi connectivity index (χ0v) is 22.1. The number of phenolic OH excluding ortho intramolecular Hbond substituents is 2. The van der Waals surface area contributed by atoms with Crippen LogP contribution in [0.4, 0.5) is 30.5 Å². The average Bonchev–Trinajstić information content (AvgIpc) is 2.91. The van der Waals surface area contributed by atoms with Crippen molar-refractivity contribution in [3.63, 3.8) is 0 Å². The minimum atomic E-state index is -5.07. The Labute approximate surface area is 226 Å². The molecule has 0 fully saturated rings. The second kappa shape index (κ2) is 10.8. The lowest BCUT2D eigenvalue weighted by Crippen LogP contribution is -1.92. The number of fused-ring (bicyclic) bond motifs is 1. The Kier molecular flexibility index (Phi) is 7.66. The molecular formula is C24H18F2N4O8S2. The number of benzene rings is 4. The number of azo groups is 2. The molecule has 0 atom stereocenters. The molecule has 0 spiro atoms. The van der Waals surface area contributed by atoms with Gasteiger partial charge in [0.25, 0.3) is 0 Å². The van der Waals surface area contributed by atoms with Crippen LogP contribution in [0.2, 0.25) is 0 Å². The number of rotatable bonds is 8. The van der Waals surface area contributed by atoms with Crippen LogP contribution in [0.15, 0.2) is 90.9 Å². The lowest BCUT2D eigenvalue weighted by atomic mass is 10.1. The summed E-state index contributed by atoms with van der Waals surface area (Å²) in [5.41, 5.74) is -0.901. The van der Waals surface area contributed by atoms with Crippen LogP contribution in [-0.2, 0) is 20.4 Å². The summed E-state index contributed by atoms with van der Waals surface area (Å²) < 4.78 is 82.5. The van der Waals surface area contributed by atoms with E-state index in [0.29, 0.717) is 0 Å². The Bertz CT molecular complexity index is 1780. The van der Waals surface area contributed by atoms with Crippen molar-refractivity contribution in [2.24, 2.45) is 20.5 Å². The van der Waals surface area contributed by atoms with Crippen molar-refractivity contribution in [1.82, 2.24) is 0 Å². The van der Waals surface area contributed by atoms with E-state index in [0.717, 1.165) is 36.4 Å². The summed E-state index contributed by atoms with van der Waals surface area (Å²) in [5, 5.41) is 37.6. The maximum atomic E-state index is 13.5. The molecular weight excluding hydrogens is 574 g/mol. The van der Waals surface area contributed by atoms with Gasteiger partial charge in [-0.1, -0.05) is 24.3 Å². The molecule has 0 saturated heterocycles. The van der Waals surface area contributed by atoms with E-state index < -0.39 is 41.7 Å². The standard InChI is InChI=1S/C24H18F2N4O8S2/c1-37-19-9-7-13(39(25,33)34)11-17(19)27-29-21-15-5-3-4-6-16(15)22(24(32)23(21)31)30-28-18-12-14(40(26,35)36)8-10-20(18)38-2/h3-12,31-32H,1-2H3. The molecule has 0 aliphatic heterocycles. The Balaban J connectivity index is 1.86. The Morgan fingerprint density at radius 3 is 1.32 bits per heavy atom. The Morgan fingerprint density at radius 1 is 0.625 bits per heavy atom. The molecule has 208 valence electrons. The monoisotopic (exact) mass is 592 g/mol. The van der Waals surface area contributed by atoms with Crippen molar-refractivity contribution in [2.75, 3.05) is 14.2 Å². The second-order valence-electron chi connectivity index (χ2n) is 7.88. The molecule has 0 unspecified atom stereocenters. The van der Waals surface area contributed by atoms with E-state index in [1.54, 1.807) is 12.1 Å². The van der Waals surface area contributed by atoms with Gasteiger partial charge in [-0.3, -0.25) is 0 Å². The largest absolute Gasteiger partial charge is 0.503 e. The predicted octanol–water partition coefficient (Wildman–Crippen LogP) is 6.42. The number of halogens is 2. The number of methoxy groups -OCH3 is 2. The van der Waals surface area contributed by atoms with Crippen molar-refractivity contribution < 1.29 is 44.3 Å². The summed E-state index contributed by atoms with van der Waals surface area (Å²) in [5.74, 6) is -1.50. The van der Waals surface area contributed by atoms with Gasteiger partial charge >= 0.3 is 20.4 Å². The Hall–Kier alpha value is -4.70. The third kappa shape index (κ3) is 5.67. The predicted molar refractivity (Wildman–Crippen MR) is 138 cm³/mol. The fraction of sp³-hybridized carbons (Fsp3) is 0.0833. The maximum Gasteiger partial charge on any atom is 0.332 e. The normalized spacial score (nSPS) is 12.4. The maximum absolute atomic E-state index is 13.5. The zero-order chi connectivity index (χ0) is 29.2. The van der Waals surface area contributed by atoms with Gasteiger partial charge in [0.05, 0.1) is 14.2 Å². The SMILES string of the molecule is COc1ccc(S(=O)(=O)F)cc1N=Nc1c(O)c(O)c(N=Nc2cc(S(=O)(=O)F)ccc2OC)c2ccccc12. The molecule has 0 saturated carbocycles. The molecule has 4 aromatic rings. The summed E-state index contributed by atoms with van der Waals surface area (Å²) in [6.07, 6.45) is 0. The van der Waals surface area contributed by atoms with E-state index in [2.05, 4.69) is 20.5 Å². The minimum Gasteiger partial charge on any atom is -0.503 e. The fourth-order valence-corrected chi connectivity index (χ4v) is 4.55. The molecule has 2 N–H and O–H groups in total. The highest BCUT2D eigenvalue weighted by Crippen LogP contribution is 2.51. The topological polar surface area (TPSA) is 177 Å². The van der Waals surface area contributed by atoms with E-state index in [9.17, 15) is 34.8 Å². The third-order valence-corrected chi connectivity index (χ3v) is 7.12. The Morgan fingerprint density at radius 2 is 1.00 bits per heavy atom. The van der Waals surface area contributed by atoms with Gasteiger partial charge in [0.2, 0.25) is 0 Å². The molecule has 0 aliphatic carbocycles. The van der Waals surface area contributed by atoms with Crippen molar-refractivity contribution >= 4 is 54.0 Å². The molecule has 0 bridgehead atoms. The number of aromatic hydroxyl groups is 2. The van der Waals surface area contributed by atoms with Crippen molar-refractivity contribution in [3.05, 3.63) is 60.7 Å². The molecule has 16 heteroatoms. The van der Waals surface area contributed by atoms with Gasteiger partial charge < -0.3 is 19.7 Å².